The molecular weight excluding hydrogens is 201 g/mol. The molecule has 0 saturated carbocycles. The molecule has 5 nitrogen and oxygen atoms in total. The van der Waals surface area contributed by atoms with Gasteiger partial charge in [-0.1, -0.05) is 0 Å². The molecule has 6 heteroatoms. The summed E-state index contributed by atoms with van der Waals surface area (Å²) in [6.07, 6.45) is 0. The van der Waals surface area contributed by atoms with Gasteiger partial charge in [0.25, 0.3) is 0 Å². The molecule has 0 bridgehead atoms. The molecule has 0 saturated heterocycles. The molecule has 0 atom stereocenters. The van der Waals surface area contributed by atoms with Crippen LogP contribution in [0.15, 0.2) is 4.76 Å². The van der Waals surface area contributed by atoms with Crippen LogP contribution in [0.5, 0.6) is 0 Å². The van der Waals surface area contributed by atoms with E-state index >= 15 is 0 Å². The molecule has 86 valence electrons. The van der Waals surface area contributed by atoms with Gasteiger partial charge in [0.05, 0.1) is 0 Å². The molecule has 0 heterocycles. The second-order valence-electron chi connectivity index (χ2n) is 3.51. The van der Waals surface area contributed by atoms with Crippen LogP contribution in [0.2, 0.25) is 0 Å². The van der Waals surface area contributed by atoms with E-state index in [1.54, 1.807) is 14.2 Å². The SMILES string of the molecule is CO[PH](C)(N=C(N(C)C)N(C)C)OC. The quantitative estimate of drug-likeness (QED) is 0.404. The van der Waals surface area contributed by atoms with Crippen LogP contribution >= 0.6 is 7.87 Å². The van der Waals surface area contributed by atoms with Crippen LogP contribution in [-0.4, -0.2) is 64.8 Å². The maximum absolute atomic E-state index is 5.29. The molecule has 0 fully saturated rings. The third-order valence-corrected chi connectivity index (χ3v) is 3.98. The zero-order valence-corrected chi connectivity index (χ0v) is 11.2. The second-order valence-corrected chi connectivity index (χ2v) is 6.34. The molecule has 0 aliphatic rings. The third kappa shape index (κ3) is 3.78. The van der Waals surface area contributed by atoms with Gasteiger partial charge in [-0.15, -0.1) is 0 Å². The molecule has 0 N–H and O–H groups in total. The second kappa shape index (κ2) is 5.49. The first-order valence-corrected chi connectivity index (χ1v) is 6.67. The van der Waals surface area contributed by atoms with Crippen molar-refractivity contribution in [2.75, 3.05) is 49.1 Å². The van der Waals surface area contributed by atoms with Crippen LogP contribution in [0.25, 0.3) is 0 Å². The first kappa shape index (κ1) is 13.6. The summed E-state index contributed by atoms with van der Waals surface area (Å²) in [4.78, 5) is 3.87. The van der Waals surface area contributed by atoms with E-state index in [2.05, 4.69) is 4.76 Å². The third-order valence-electron chi connectivity index (χ3n) is 1.86. The monoisotopic (exact) mass is 223 g/mol. The van der Waals surface area contributed by atoms with E-state index in [1.807, 2.05) is 44.7 Å². The molecule has 14 heavy (non-hydrogen) atoms. The van der Waals surface area contributed by atoms with Gasteiger partial charge in [-0.3, -0.25) is 0 Å². The first-order chi connectivity index (χ1) is 6.36. The number of hydrogen-bond donors (Lipinski definition) is 0. The van der Waals surface area contributed by atoms with Crippen molar-refractivity contribution in [2.45, 2.75) is 0 Å². The van der Waals surface area contributed by atoms with Crippen molar-refractivity contribution in [3.8, 4) is 0 Å². The van der Waals surface area contributed by atoms with Gasteiger partial charge < -0.3 is 0 Å². The summed E-state index contributed by atoms with van der Waals surface area (Å²) in [5.74, 6) is 0.850. The van der Waals surface area contributed by atoms with Gasteiger partial charge in [-0.25, -0.2) is 0 Å². The van der Waals surface area contributed by atoms with Crippen LogP contribution in [0, 0.1) is 0 Å². The van der Waals surface area contributed by atoms with Crippen molar-refractivity contribution < 1.29 is 9.05 Å². The molecule has 0 amide bonds. The van der Waals surface area contributed by atoms with Crippen LogP contribution in [0.4, 0.5) is 0 Å². The van der Waals surface area contributed by atoms with Gasteiger partial charge in [0, 0.05) is 0 Å². The van der Waals surface area contributed by atoms with E-state index in [1.165, 1.54) is 0 Å². The Bertz CT molecular complexity index is 193. The topological polar surface area (TPSA) is 37.3 Å². The summed E-state index contributed by atoms with van der Waals surface area (Å²) in [5, 5.41) is 0. The molecule has 0 aromatic carbocycles. The Labute approximate surface area is 87.3 Å². The summed E-state index contributed by atoms with van der Waals surface area (Å²) in [6.45, 7) is 1.90. The predicted octanol–water partition coefficient (Wildman–Crippen LogP) is 0.883. The fourth-order valence-corrected chi connectivity index (χ4v) is 2.07. The van der Waals surface area contributed by atoms with Crippen LogP contribution < -0.4 is 0 Å². The molecule has 0 rings (SSSR count). The Balaban J connectivity index is 4.88. The normalized spacial score (nSPS) is 12.2. The van der Waals surface area contributed by atoms with Gasteiger partial charge in [0.2, 0.25) is 0 Å². The van der Waals surface area contributed by atoms with Gasteiger partial charge in [0.1, 0.15) is 0 Å². The fraction of sp³-hybridized carbons (Fsp3) is 0.875. The van der Waals surface area contributed by atoms with Crippen molar-refractivity contribution in [1.82, 2.24) is 9.80 Å². The van der Waals surface area contributed by atoms with E-state index in [9.17, 15) is 0 Å². The predicted molar refractivity (Wildman–Crippen MR) is 63.1 cm³/mol. The van der Waals surface area contributed by atoms with Gasteiger partial charge in [0.15, 0.2) is 0 Å². The molecule has 0 radical (unpaired) electrons. The minimum absolute atomic E-state index is 0.850. The molecule has 0 aromatic rings. The summed E-state index contributed by atoms with van der Waals surface area (Å²) in [7, 11) is 8.65. The molecule has 0 aliphatic heterocycles. The molecule has 0 unspecified atom stereocenters. The average molecular weight is 223 g/mol. The van der Waals surface area contributed by atoms with Crippen molar-refractivity contribution in [3.05, 3.63) is 0 Å². The fourth-order valence-electron chi connectivity index (χ4n) is 0.956. The van der Waals surface area contributed by atoms with E-state index < -0.39 is 7.87 Å². The Morgan fingerprint density at radius 3 is 1.57 bits per heavy atom. The van der Waals surface area contributed by atoms with Crippen molar-refractivity contribution in [2.24, 2.45) is 4.76 Å². The summed E-state index contributed by atoms with van der Waals surface area (Å²) >= 11 is 0. The number of hydrogen-bond acceptors (Lipinski definition) is 3. The summed E-state index contributed by atoms with van der Waals surface area (Å²) < 4.78 is 15.1. The standard InChI is InChI=1S/C8H22N3O2P/c1-10(2)8(11(3)4)9-14(7,12-5)13-6/h14H,1-7H3. The van der Waals surface area contributed by atoms with Crippen LogP contribution in [0.3, 0.4) is 0 Å². The number of guanidine groups is 1. The zero-order chi connectivity index (χ0) is 11.4. The molecule has 0 aromatic heterocycles. The average Bonchev–Trinajstić information content (AvgIpc) is 2.13. The maximum atomic E-state index is 5.29. The number of rotatable bonds is 3. The van der Waals surface area contributed by atoms with Gasteiger partial charge in [-0.2, -0.15) is 0 Å². The Morgan fingerprint density at radius 1 is 1.00 bits per heavy atom. The molecule has 0 aliphatic carbocycles. The molecule has 0 spiro atoms. The zero-order valence-electron chi connectivity index (χ0n) is 10.2. The van der Waals surface area contributed by atoms with Crippen molar-refractivity contribution >= 4 is 13.8 Å². The summed E-state index contributed by atoms with van der Waals surface area (Å²) in [5.41, 5.74) is 0. The minimum atomic E-state index is -2.38. The van der Waals surface area contributed by atoms with Crippen molar-refractivity contribution in [1.29, 1.82) is 0 Å². The van der Waals surface area contributed by atoms with Gasteiger partial charge >= 0.3 is 86.5 Å². The van der Waals surface area contributed by atoms with E-state index in [4.69, 9.17) is 9.05 Å². The van der Waals surface area contributed by atoms with E-state index in [0.29, 0.717) is 0 Å². The first-order valence-electron chi connectivity index (χ1n) is 4.41. The summed E-state index contributed by atoms with van der Waals surface area (Å²) in [6, 6.07) is 0. The Kier molecular flexibility index (Phi) is 5.34. The number of nitrogens with zero attached hydrogens (tertiary/aromatic N) is 3. The van der Waals surface area contributed by atoms with E-state index in [0.717, 1.165) is 5.96 Å². The van der Waals surface area contributed by atoms with E-state index in [-0.39, 0.29) is 0 Å². The Hall–Kier alpha value is -0.380. The van der Waals surface area contributed by atoms with Crippen molar-refractivity contribution in [3.63, 3.8) is 0 Å². The van der Waals surface area contributed by atoms with Gasteiger partial charge in [-0.05, 0) is 0 Å². The Morgan fingerprint density at radius 2 is 1.36 bits per heavy atom. The molecular formula is C8H22N3O2P. The van der Waals surface area contributed by atoms with Crippen LogP contribution in [-0.2, 0) is 9.05 Å². The van der Waals surface area contributed by atoms with Crippen LogP contribution in [0.1, 0.15) is 0 Å².